The number of hydrogen-bond acceptors (Lipinski definition) is 5. The van der Waals surface area contributed by atoms with Gasteiger partial charge in [0.05, 0.1) is 5.56 Å². The highest BCUT2D eigenvalue weighted by atomic mass is 19.4. The predicted molar refractivity (Wildman–Crippen MR) is 96.0 cm³/mol. The van der Waals surface area contributed by atoms with Gasteiger partial charge in [0, 0.05) is 28.9 Å². The molecule has 0 aliphatic carbocycles. The highest BCUT2D eigenvalue weighted by molar-refractivity contribution is 5.90. The van der Waals surface area contributed by atoms with Gasteiger partial charge < -0.3 is 14.2 Å². The van der Waals surface area contributed by atoms with E-state index >= 15 is 0 Å². The Kier molecular flexibility index (Phi) is 4.86. The summed E-state index contributed by atoms with van der Waals surface area (Å²) < 4.78 is 88.1. The van der Waals surface area contributed by atoms with E-state index in [1.807, 2.05) is 0 Å². The number of aromatic nitrogens is 4. The molecule has 0 radical (unpaired) electrons. The second-order valence-corrected chi connectivity index (χ2v) is 6.53. The first-order chi connectivity index (χ1) is 14.5. The predicted octanol–water partition coefficient (Wildman–Crippen LogP) is 5.63. The number of hydrogen-bond donors (Lipinski definition) is 1. The quantitative estimate of drug-likeness (QED) is 0.415. The maximum atomic E-state index is 13.5. The number of pyridine rings is 1. The molecule has 1 aromatic carbocycles. The summed E-state index contributed by atoms with van der Waals surface area (Å²) in [6.45, 7) is 0.620. The van der Waals surface area contributed by atoms with Gasteiger partial charge in [-0.3, -0.25) is 0 Å². The zero-order valence-electron chi connectivity index (χ0n) is 15.5. The maximum absolute atomic E-state index is 13.5. The van der Waals surface area contributed by atoms with Crippen LogP contribution in [0.3, 0.4) is 0 Å². The molecule has 0 amide bonds. The highest BCUT2D eigenvalue weighted by Crippen LogP contribution is 2.40. The van der Waals surface area contributed by atoms with Crippen molar-refractivity contribution in [1.29, 1.82) is 0 Å². The molecule has 1 N–H and O–H groups in total. The summed E-state index contributed by atoms with van der Waals surface area (Å²) in [6, 6.07) is 5.85. The first-order valence-electron chi connectivity index (χ1n) is 8.75. The molecule has 3 heterocycles. The third-order valence-electron chi connectivity index (χ3n) is 4.42. The Hall–Kier alpha value is -3.57. The average molecular weight is 442 g/mol. The number of nitrogens with zero attached hydrogens (tertiary/aromatic N) is 3. The topological polar surface area (TPSA) is 76.8 Å². The monoisotopic (exact) mass is 442 g/mol. The summed E-state index contributed by atoms with van der Waals surface area (Å²) >= 11 is 0. The molecule has 31 heavy (non-hydrogen) atoms. The first-order valence-corrected chi connectivity index (χ1v) is 8.75. The molecule has 0 aliphatic rings. The van der Waals surface area contributed by atoms with Gasteiger partial charge >= 0.3 is 12.4 Å². The Balaban J connectivity index is 1.72. The molecule has 0 spiro atoms. The standard InChI is InChI=1S/C19H12F6N4O2/c1-9(18(20,21)22)30-14-3-2-10(8-13(14)19(23,24)25)17-28-16(29-31-17)12-5-7-27-15-11(12)4-6-26-15/h2-9H,1H3,(H,26,27). The van der Waals surface area contributed by atoms with Crippen molar-refractivity contribution in [3.05, 3.63) is 48.3 Å². The summed E-state index contributed by atoms with van der Waals surface area (Å²) in [6.07, 6.45) is -9.07. The van der Waals surface area contributed by atoms with Crippen LogP contribution in [0.5, 0.6) is 5.75 Å². The van der Waals surface area contributed by atoms with Crippen molar-refractivity contribution in [2.45, 2.75) is 25.4 Å². The summed E-state index contributed by atoms with van der Waals surface area (Å²) in [7, 11) is 0. The Morgan fingerprint density at radius 3 is 2.55 bits per heavy atom. The van der Waals surface area contributed by atoms with E-state index in [4.69, 9.17) is 4.52 Å². The zero-order valence-corrected chi connectivity index (χ0v) is 15.5. The number of rotatable bonds is 4. The van der Waals surface area contributed by atoms with Crippen LogP contribution in [0.2, 0.25) is 0 Å². The number of fused-ring (bicyclic) bond motifs is 1. The number of aromatic amines is 1. The van der Waals surface area contributed by atoms with Gasteiger partial charge in [0.1, 0.15) is 11.4 Å². The van der Waals surface area contributed by atoms with Crippen LogP contribution < -0.4 is 4.74 Å². The van der Waals surface area contributed by atoms with Crippen LogP contribution in [0, 0.1) is 0 Å². The second-order valence-electron chi connectivity index (χ2n) is 6.53. The smallest absolute Gasteiger partial charge is 0.425 e. The number of H-pyrrole nitrogens is 1. The van der Waals surface area contributed by atoms with E-state index in [0.717, 1.165) is 12.1 Å². The van der Waals surface area contributed by atoms with Gasteiger partial charge in [0.15, 0.2) is 6.10 Å². The van der Waals surface area contributed by atoms with Crippen molar-refractivity contribution in [1.82, 2.24) is 20.1 Å². The van der Waals surface area contributed by atoms with Crippen LogP contribution >= 0.6 is 0 Å². The van der Waals surface area contributed by atoms with Crippen molar-refractivity contribution in [2.75, 3.05) is 0 Å². The maximum Gasteiger partial charge on any atom is 0.425 e. The van der Waals surface area contributed by atoms with E-state index in [9.17, 15) is 26.3 Å². The molecule has 0 saturated carbocycles. The molecule has 3 aromatic heterocycles. The van der Waals surface area contributed by atoms with Gasteiger partial charge in [-0.1, -0.05) is 5.16 Å². The molecule has 0 fully saturated rings. The van der Waals surface area contributed by atoms with Crippen LogP contribution in [0.1, 0.15) is 12.5 Å². The zero-order chi connectivity index (χ0) is 22.4. The number of halogens is 6. The van der Waals surface area contributed by atoms with Crippen LogP contribution in [-0.4, -0.2) is 32.4 Å². The third kappa shape index (κ3) is 4.05. The molecule has 162 valence electrons. The molecule has 0 bridgehead atoms. The van der Waals surface area contributed by atoms with Crippen molar-refractivity contribution in [3.63, 3.8) is 0 Å². The van der Waals surface area contributed by atoms with Crippen molar-refractivity contribution >= 4 is 11.0 Å². The van der Waals surface area contributed by atoms with E-state index in [1.165, 1.54) is 6.20 Å². The summed E-state index contributed by atoms with van der Waals surface area (Å²) in [5.74, 6) is -1.08. The molecule has 0 saturated heterocycles. The lowest BCUT2D eigenvalue weighted by atomic mass is 10.1. The molecule has 4 rings (SSSR count). The van der Waals surface area contributed by atoms with E-state index in [1.54, 1.807) is 18.3 Å². The molecule has 1 atom stereocenters. The number of ether oxygens (including phenoxy) is 1. The number of benzene rings is 1. The van der Waals surface area contributed by atoms with Crippen LogP contribution in [0.15, 0.2) is 47.2 Å². The SMILES string of the molecule is CC(Oc1ccc(-c2nc(-c3ccnc4[nH]ccc34)no2)cc1C(F)(F)F)C(F)(F)F. The minimum atomic E-state index is -4.97. The fraction of sp³-hybridized carbons (Fsp3) is 0.211. The van der Waals surface area contributed by atoms with E-state index in [2.05, 4.69) is 24.8 Å². The summed E-state index contributed by atoms with van der Waals surface area (Å²) in [5.41, 5.74) is -0.421. The summed E-state index contributed by atoms with van der Waals surface area (Å²) in [5, 5.41) is 4.48. The Morgan fingerprint density at radius 2 is 1.84 bits per heavy atom. The minimum Gasteiger partial charge on any atom is -0.481 e. The van der Waals surface area contributed by atoms with Gasteiger partial charge in [-0.25, -0.2) is 4.98 Å². The molecular formula is C19H12F6N4O2. The lowest BCUT2D eigenvalue weighted by molar-refractivity contribution is -0.191. The van der Waals surface area contributed by atoms with Gasteiger partial charge in [-0.15, -0.1) is 0 Å². The normalized spacial score (nSPS) is 13.5. The molecular weight excluding hydrogens is 430 g/mol. The van der Waals surface area contributed by atoms with Crippen LogP contribution in [0.25, 0.3) is 33.9 Å². The Labute approximate surface area is 169 Å². The van der Waals surface area contributed by atoms with Crippen molar-refractivity contribution < 1.29 is 35.6 Å². The fourth-order valence-corrected chi connectivity index (χ4v) is 2.85. The molecule has 1 unspecified atom stereocenters. The first kappa shape index (κ1) is 20.7. The van der Waals surface area contributed by atoms with Crippen LogP contribution in [0.4, 0.5) is 26.3 Å². The average Bonchev–Trinajstić information content (AvgIpc) is 3.36. The fourth-order valence-electron chi connectivity index (χ4n) is 2.85. The van der Waals surface area contributed by atoms with Gasteiger partial charge in [-0.05, 0) is 37.3 Å². The second kappa shape index (κ2) is 7.29. The van der Waals surface area contributed by atoms with E-state index in [0.29, 0.717) is 29.6 Å². The minimum absolute atomic E-state index is 0.113. The Bertz CT molecular complexity index is 1230. The highest BCUT2D eigenvalue weighted by Gasteiger charge is 2.41. The lowest BCUT2D eigenvalue weighted by Crippen LogP contribution is -2.31. The largest absolute Gasteiger partial charge is 0.481 e. The molecule has 0 aliphatic heterocycles. The number of alkyl halides is 6. The van der Waals surface area contributed by atoms with E-state index in [-0.39, 0.29) is 17.3 Å². The lowest BCUT2D eigenvalue weighted by Gasteiger charge is -2.20. The van der Waals surface area contributed by atoms with Crippen molar-refractivity contribution in [3.8, 4) is 28.6 Å². The van der Waals surface area contributed by atoms with Gasteiger partial charge in [0.2, 0.25) is 5.82 Å². The van der Waals surface area contributed by atoms with Crippen LogP contribution in [-0.2, 0) is 6.18 Å². The number of nitrogens with one attached hydrogen (secondary N) is 1. The van der Waals surface area contributed by atoms with Crippen molar-refractivity contribution in [2.24, 2.45) is 0 Å². The summed E-state index contributed by atoms with van der Waals surface area (Å²) in [4.78, 5) is 11.2. The molecule has 12 heteroatoms. The van der Waals surface area contributed by atoms with E-state index < -0.39 is 29.8 Å². The van der Waals surface area contributed by atoms with Gasteiger partial charge in [-0.2, -0.15) is 31.3 Å². The van der Waals surface area contributed by atoms with Gasteiger partial charge in [0.25, 0.3) is 5.89 Å². The molecule has 6 nitrogen and oxygen atoms in total. The third-order valence-corrected chi connectivity index (χ3v) is 4.42. The Morgan fingerprint density at radius 1 is 1.06 bits per heavy atom. The molecule has 4 aromatic rings.